The van der Waals surface area contributed by atoms with Gasteiger partial charge in [-0.1, -0.05) is 49.6 Å². The number of benzene rings is 2. The van der Waals surface area contributed by atoms with Gasteiger partial charge in [-0.2, -0.15) is 5.10 Å². The normalized spacial score (nSPS) is 10.8. The third-order valence-electron chi connectivity index (χ3n) is 3.21. The van der Waals surface area contributed by atoms with E-state index < -0.39 is 0 Å². The monoisotopic (exact) mass is 437 g/mol. The van der Waals surface area contributed by atoms with Crippen molar-refractivity contribution >= 4 is 49.7 Å². The van der Waals surface area contributed by atoms with Crippen LogP contribution in [0.3, 0.4) is 0 Å². The van der Waals surface area contributed by atoms with Crippen LogP contribution in [-0.2, 0) is 4.79 Å². The maximum Gasteiger partial charge on any atom is 0.259 e. The van der Waals surface area contributed by atoms with E-state index in [9.17, 15) is 4.79 Å². The fourth-order valence-corrected chi connectivity index (χ4v) is 3.03. The number of halogens is 2. The molecule has 0 atom stereocenters. The van der Waals surface area contributed by atoms with Gasteiger partial charge in [0.15, 0.2) is 0 Å². The van der Waals surface area contributed by atoms with Crippen LogP contribution in [0.2, 0.25) is 0 Å². The fourth-order valence-electron chi connectivity index (χ4n) is 1.81. The SMILES string of the molecule is Cc1ccc(NCC(=O)N/N=C\c2cc(Br)c(C)c(Br)c2)cc1. The van der Waals surface area contributed by atoms with Crippen molar-refractivity contribution in [2.24, 2.45) is 5.10 Å². The van der Waals surface area contributed by atoms with E-state index in [4.69, 9.17) is 0 Å². The van der Waals surface area contributed by atoms with Gasteiger partial charge in [0.05, 0.1) is 12.8 Å². The Morgan fingerprint density at radius 3 is 2.35 bits per heavy atom. The summed E-state index contributed by atoms with van der Waals surface area (Å²) in [4.78, 5) is 11.8. The Kier molecular flexibility index (Phi) is 6.36. The fraction of sp³-hybridized carbons (Fsp3) is 0.176. The van der Waals surface area contributed by atoms with Gasteiger partial charge in [-0.3, -0.25) is 4.79 Å². The summed E-state index contributed by atoms with van der Waals surface area (Å²) in [5, 5.41) is 7.02. The maximum atomic E-state index is 11.8. The molecule has 6 heteroatoms. The van der Waals surface area contributed by atoms with Crippen LogP contribution in [0.15, 0.2) is 50.4 Å². The first-order chi connectivity index (χ1) is 11.0. The first-order valence-electron chi connectivity index (χ1n) is 7.04. The van der Waals surface area contributed by atoms with Gasteiger partial charge in [0, 0.05) is 14.6 Å². The molecule has 0 aliphatic rings. The average molecular weight is 439 g/mol. The number of carbonyl (C=O) groups excluding carboxylic acids is 1. The molecular weight excluding hydrogens is 422 g/mol. The third kappa shape index (κ3) is 5.48. The molecule has 2 aromatic rings. The number of hydrazone groups is 1. The lowest BCUT2D eigenvalue weighted by Crippen LogP contribution is -2.25. The number of hydrogen-bond donors (Lipinski definition) is 2. The molecule has 0 aromatic heterocycles. The molecule has 0 fully saturated rings. The number of hydrogen-bond acceptors (Lipinski definition) is 3. The number of amides is 1. The number of nitrogens with one attached hydrogen (secondary N) is 2. The van der Waals surface area contributed by atoms with Crippen molar-refractivity contribution in [3.63, 3.8) is 0 Å². The topological polar surface area (TPSA) is 53.5 Å². The van der Waals surface area contributed by atoms with E-state index in [1.807, 2.05) is 50.2 Å². The van der Waals surface area contributed by atoms with Crippen LogP contribution in [0.5, 0.6) is 0 Å². The first kappa shape index (κ1) is 17.7. The molecule has 120 valence electrons. The molecule has 1 amide bonds. The standard InChI is InChI=1S/C17H17Br2N3O/c1-11-3-5-14(6-4-11)20-10-17(23)22-21-9-13-7-15(18)12(2)16(19)8-13/h3-9,20H,10H2,1-2H3,(H,22,23)/b21-9-. The third-order valence-corrected chi connectivity index (χ3v) is 4.86. The molecule has 0 bridgehead atoms. The Morgan fingerprint density at radius 2 is 1.74 bits per heavy atom. The summed E-state index contributed by atoms with van der Waals surface area (Å²) in [6.07, 6.45) is 1.61. The smallest absolute Gasteiger partial charge is 0.259 e. The molecule has 0 radical (unpaired) electrons. The number of anilines is 1. The summed E-state index contributed by atoms with van der Waals surface area (Å²) >= 11 is 6.97. The molecule has 0 aliphatic carbocycles. The summed E-state index contributed by atoms with van der Waals surface area (Å²) < 4.78 is 1.97. The van der Waals surface area contributed by atoms with E-state index in [0.717, 1.165) is 25.8 Å². The number of nitrogens with zero attached hydrogens (tertiary/aromatic N) is 1. The zero-order valence-corrected chi connectivity index (χ0v) is 16.0. The Bertz CT molecular complexity index is 704. The van der Waals surface area contributed by atoms with Crippen molar-refractivity contribution in [1.82, 2.24) is 5.43 Å². The highest BCUT2D eigenvalue weighted by molar-refractivity contribution is 9.11. The van der Waals surface area contributed by atoms with Crippen LogP contribution in [-0.4, -0.2) is 18.7 Å². The van der Waals surface area contributed by atoms with Crippen LogP contribution < -0.4 is 10.7 Å². The van der Waals surface area contributed by atoms with Gasteiger partial charge >= 0.3 is 0 Å². The van der Waals surface area contributed by atoms with Gasteiger partial charge in [-0.15, -0.1) is 0 Å². The Hall–Kier alpha value is -1.66. The minimum Gasteiger partial charge on any atom is -0.376 e. The van der Waals surface area contributed by atoms with Gasteiger partial charge in [0.25, 0.3) is 5.91 Å². The predicted octanol–water partition coefficient (Wildman–Crippen LogP) is 4.39. The maximum absolute atomic E-state index is 11.8. The number of rotatable bonds is 5. The van der Waals surface area contributed by atoms with Crippen molar-refractivity contribution in [2.45, 2.75) is 13.8 Å². The zero-order valence-electron chi connectivity index (χ0n) is 12.9. The van der Waals surface area contributed by atoms with E-state index in [1.54, 1.807) is 6.21 Å². The molecule has 0 heterocycles. The van der Waals surface area contributed by atoms with Crippen molar-refractivity contribution in [1.29, 1.82) is 0 Å². The largest absolute Gasteiger partial charge is 0.376 e. The molecule has 0 aliphatic heterocycles. The molecule has 0 spiro atoms. The highest BCUT2D eigenvalue weighted by Gasteiger charge is 2.02. The van der Waals surface area contributed by atoms with Crippen LogP contribution >= 0.6 is 31.9 Å². The summed E-state index contributed by atoms with van der Waals surface area (Å²) in [5.74, 6) is -0.202. The van der Waals surface area contributed by atoms with E-state index in [1.165, 1.54) is 5.56 Å². The summed E-state index contributed by atoms with van der Waals surface area (Å²) in [7, 11) is 0. The molecule has 2 N–H and O–H groups in total. The van der Waals surface area contributed by atoms with Crippen LogP contribution in [0.1, 0.15) is 16.7 Å². The molecule has 0 saturated heterocycles. The Labute approximate surface area is 152 Å². The highest BCUT2D eigenvalue weighted by Crippen LogP contribution is 2.25. The number of carbonyl (C=O) groups is 1. The molecular formula is C17H17Br2N3O. The van der Waals surface area contributed by atoms with Gasteiger partial charge in [-0.05, 0) is 49.2 Å². The molecule has 0 unspecified atom stereocenters. The summed E-state index contributed by atoms with van der Waals surface area (Å²) in [6, 6.07) is 11.7. The average Bonchev–Trinajstić information content (AvgIpc) is 2.52. The zero-order chi connectivity index (χ0) is 16.8. The van der Waals surface area contributed by atoms with Crippen molar-refractivity contribution in [3.8, 4) is 0 Å². The Balaban J connectivity index is 1.85. The van der Waals surface area contributed by atoms with E-state index in [-0.39, 0.29) is 12.5 Å². The molecule has 23 heavy (non-hydrogen) atoms. The van der Waals surface area contributed by atoms with Crippen molar-refractivity contribution in [3.05, 3.63) is 62.0 Å². The van der Waals surface area contributed by atoms with Gasteiger partial charge in [-0.25, -0.2) is 5.43 Å². The predicted molar refractivity (Wildman–Crippen MR) is 102 cm³/mol. The molecule has 2 aromatic carbocycles. The van der Waals surface area contributed by atoms with Crippen LogP contribution in [0.4, 0.5) is 5.69 Å². The summed E-state index contributed by atoms with van der Waals surface area (Å²) in [6.45, 7) is 4.20. The van der Waals surface area contributed by atoms with Crippen molar-refractivity contribution < 1.29 is 4.79 Å². The van der Waals surface area contributed by atoms with Gasteiger partial charge < -0.3 is 5.32 Å². The number of aryl methyl sites for hydroxylation is 1. The minimum absolute atomic E-state index is 0.168. The van der Waals surface area contributed by atoms with E-state index >= 15 is 0 Å². The summed E-state index contributed by atoms with van der Waals surface area (Å²) in [5.41, 5.74) is 6.60. The molecule has 0 saturated carbocycles. The molecule has 4 nitrogen and oxygen atoms in total. The minimum atomic E-state index is -0.202. The van der Waals surface area contributed by atoms with E-state index in [0.29, 0.717) is 0 Å². The van der Waals surface area contributed by atoms with Gasteiger partial charge in [0.2, 0.25) is 0 Å². The second kappa shape index (κ2) is 8.26. The van der Waals surface area contributed by atoms with Crippen LogP contribution in [0.25, 0.3) is 0 Å². The molecule has 2 rings (SSSR count). The lowest BCUT2D eigenvalue weighted by molar-refractivity contribution is -0.119. The van der Waals surface area contributed by atoms with Crippen molar-refractivity contribution in [2.75, 3.05) is 11.9 Å². The van der Waals surface area contributed by atoms with Gasteiger partial charge in [0.1, 0.15) is 0 Å². The Morgan fingerprint density at radius 1 is 1.13 bits per heavy atom. The second-order valence-electron chi connectivity index (χ2n) is 5.12. The second-order valence-corrected chi connectivity index (χ2v) is 6.83. The first-order valence-corrected chi connectivity index (χ1v) is 8.62. The van der Waals surface area contributed by atoms with E-state index in [2.05, 4.69) is 47.7 Å². The van der Waals surface area contributed by atoms with Crippen LogP contribution in [0, 0.1) is 13.8 Å². The lowest BCUT2D eigenvalue weighted by Gasteiger charge is -2.06. The highest BCUT2D eigenvalue weighted by atomic mass is 79.9. The lowest BCUT2D eigenvalue weighted by atomic mass is 10.2. The quantitative estimate of drug-likeness (QED) is 0.537.